The molecule has 30 heavy (non-hydrogen) atoms. The topological polar surface area (TPSA) is 90.7 Å². The zero-order valence-corrected chi connectivity index (χ0v) is 16.8. The summed E-state index contributed by atoms with van der Waals surface area (Å²) in [4.78, 5) is 23.1. The van der Waals surface area contributed by atoms with Gasteiger partial charge in [0.05, 0.1) is 6.42 Å². The molecule has 0 aliphatic carbocycles. The molecule has 0 saturated carbocycles. The van der Waals surface area contributed by atoms with Crippen LogP contribution < -0.4 is 20.5 Å². The fourth-order valence-electron chi connectivity index (χ4n) is 2.85. The maximum atomic E-state index is 12.2. The number of aryl methyl sites for hydroxylation is 1. The molecule has 3 aromatic rings. The Morgan fingerprint density at radius 3 is 2.43 bits per heavy atom. The van der Waals surface area contributed by atoms with Gasteiger partial charge in [-0.25, -0.2) is 0 Å². The predicted molar refractivity (Wildman–Crippen MR) is 114 cm³/mol. The van der Waals surface area contributed by atoms with Crippen molar-refractivity contribution in [2.75, 3.05) is 6.61 Å². The zero-order chi connectivity index (χ0) is 21.3. The standard InChI is InChI=1S/C24H24N2O4/c1-17-5-4-7-21(13-17)30-22-8-3-2-6-19(22)15-26-24(28)16-29-20-11-9-18(10-12-20)14-23(25)27/h2-13H,14-16H2,1H3,(H2,25,27)(H,26,28). The van der Waals surface area contributed by atoms with Gasteiger partial charge in [0.25, 0.3) is 5.91 Å². The van der Waals surface area contributed by atoms with Crippen LogP contribution in [0.15, 0.2) is 72.8 Å². The molecule has 0 atom stereocenters. The van der Waals surface area contributed by atoms with E-state index in [9.17, 15) is 9.59 Å². The molecule has 0 aliphatic rings. The van der Waals surface area contributed by atoms with Gasteiger partial charge < -0.3 is 20.5 Å². The van der Waals surface area contributed by atoms with Gasteiger partial charge in [-0.05, 0) is 48.4 Å². The Balaban J connectivity index is 1.52. The Morgan fingerprint density at radius 1 is 0.933 bits per heavy atom. The molecule has 0 heterocycles. The summed E-state index contributed by atoms with van der Waals surface area (Å²) in [5, 5.41) is 2.84. The summed E-state index contributed by atoms with van der Waals surface area (Å²) in [5.74, 6) is 1.34. The Bertz CT molecular complexity index is 1020. The van der Waals surface area contributed by atoms with E-state index in [0.29, 0.717) is 18.0 Å². The minimum atomic E-state index is -0.394. The summed E-state index contributed by atoms with van der Waals surface area (Å²) >= 11 is 0. The summed E-state index contributed by atoms with van der Waals surface area (Å²) in [6, 6.07) is 22.3. The molecule has 0 spiro atoms. The van der Waals surface area contributed by atoms with Gasteiger partial charge in [-0.15, -0.1) is 0 Å². The van der Waals surface area contributed by atoms with E-state index < -0.39 is 5.91 Å². The number of amides is 2. The monoisotopic (exact) mass is 404 g/mol. The van der Waals surface area contributed by atoms with Crippen molar-refractivity contribution >= 4 is 11.8 Å². The number of hydrogen-bond acceptors (Lipinski definition) is 4. The highest BCUT2D eigenvalue weighted by Crippen LogP contribution is 2.25. The lowest BCUT2D eigenvalue weighted by Crippen LogP contribution is -2.28. The van der Waals surface area contributed by atoms with E-state index in [2.05, 4.69) is 5.32 Å². The third kappa shape index (κ3) is 6.38. The van der Waals surface area contributed by atoms with Crippen molar-refractivity contribution in [1.82, 2.24) is 5.32 Å². The molecule has 3 N–H and O–H groups in total. The van der Waals surface area contributed by atoms with E-state index in [1.165, 1.54) is 0 Å². The first-order valence-corrected chi connectivity index (χ1v) is 9.59. The lowest BCUT2D eigenvalue weighted by molar-refractivity contribution is -0.123. The third-order valence-electron chi connectivity index (χ3n) is 4.34. The predicted octanol–water partition coefficient (Wildman–Crippen LogP) is 3.51. The quantitative estimate of drug-likeness (QED) is 0.571. The molecule has 0 radical (unpaired) electrons. The molecule has 0 saturated heterocycles. The van der Waals surface area contributed by atoms with Gasteiger partial charge in [0.1, 0.15) is 17.2 Å². The number of benzene rings is 3. The van der Waals surface area contributed by atoms with Gasteiger partial charge in [0.2, 0.25) is 5.91 Å². The van der Waals surface area contributed by atoms with Crippen molar-refractivity contribution in [3.63, 3.8) is 0 Å². The number of carbonyl (C=O) groups excluding carboxylic acids is 2. The normalized spacial score (nSPS) is 10.3. The van der Waals surface area contributed by atoms with Gasteiger partial charge in [-0.2, -0.15) is 0 Å². The molecule has 154 valence electrons. The number of primary amides is 1. The van der Waals surface area contributed by atoms with E-state index in [-0.39, 0.29) is 18.9 Å². The number of ether oxygens (including phenoxy) is 2. The van der Waals surface area contributed by atoms with Crippen LogP contribution in [0.25, 0.3) is 0 Å². The summed E-state index contributed by atoms with van der Waals surface area (Å²) < 4.78 is 11.5. The second-order valence-electron chi connectivity index (χ2n) is 6.88. The van der Waals surface area contributed by atoms with Gasteiger partial charge in [0, 0.05) is 12.1 Å². The molecule has 0 aliphatic heterocycles. The molecule has 2 amide bonds. The number of para-hydroxylation sites is 1. The number of hydrogen-bond donors (Lipinski definition) is 2. The largest absolute Gasteiger partial charge is 0.484 e. The molecule has 0 unspecified atom stereocenters. The Hall–Kier alpha value is -3.80. The van der Waals surface area contributed by atoms with E-state index in [1.807, 2.05) is 55.5 Å². The second-order valence-corrected chi connectivity index (χ2v) is 6.88. The highest BCUT2D eigenvalue weighted by atomic mass is 16.5. The second kappa shape index (κ2) is 10.1. The average Bonchev–Trinajstić information content (AvgIpc) is 2.72. The minimum absolute atomic E-state index is 0.115. The smallest absolute Gasteiger partial charge is 0.258 e. The van der Waals surface area contributed by atoms with Crippen molar-refractivity contribution in [3.8, 4) is 17.2 Å². The lowest BCUT2D eigenvalue weighted by Gasteiger charge is -2.13. The van der Waals surface area contributed by atoms with Crippen LogP contribution >= 0.6 is 0 Å². The molecule has 3 aromatic carbocycles. The summed E-state index contributed by atoms with van der Waals surface area (Å²) in [6.07, 6.45) is 0.171. The fourth-order valence-corrected chi connectivity index (χ4v) is 2.85. The molecule has 6 heteroatoms. The van der Waals surface area contributed by atoms with Crippen LogP contribution in [0, 0.1) is 6.92 Å². The van der Waals surface area contributed by atoms with Crippen LogP contribution in [0.4, 0.5) is 0 Å². The van der Waals surface area contributed by atoms with Crippen molar-refractivity contribution in [2.24, 2.45) is 5.73 Å². The summed E-state index contributed by atoms with van der Waals surface area (Å²) in [5.41, 5.74) is 7.94. The maximum Gasteiger partial charge on any atom is 0.258 e. The van der Waals surface area contributed by atoms with Crippen LogP contribution in [0.2, 0.25) is 0 Å². The van der Waals surface area contributed by atoms with Gasteiger partial charge >= 0.3 is 0 Å². The van der Waals surface area contributed by atoms with Crippen molar-refractivity contribution in [1.29, 1.82) is 0 Å². The fraction of sp³-hybridized carbons (Fsp3) is 0.167. The SMILES string of the molecule is Cc1cccc(Oc2ccccc2CNC(=O)COc2ccc(CC(N)=O)cc2)c1. The average molecular weight is 404 g/mol. The molecule has 0 bridgehead atoms. The number of nitrogens with two attached hydrogens (primary N) is 1. The molecule has 0 aromatic heterocycles. The molecule has 3 rings (SSSR count). The summed E-state index contributed by atoms with van der Waals surface area (Å²) in [7, 11) is 0. The Morgan fingerprint density at radius 2 is 1.70 bits per heavy atom. The van der Waals surface area contributed by atoms with E-state index in [4.69, 9.17) is 15.2 Å². The van der Waals surface area contributed by atoms with E-state index >= 15 is 0 Å². The first kappa shape index (κ1) is 20.9. The van der Waals surface area contributed by atoms with Crippen molar-refractivity contribution < 1.29 is 19.1 Å². The number of rotatable bonds is 9. The zero-order valence-electron chi connectivity index (χ0n) is 16.8. The van der Waals surface area contributed by atoms with Crippen molar-refractivity contribution in [2.45, 2.75) is 19.9 Å². The molecular formula is C24H24N2O4. The lowest BCUT2D eigenvalue weighted by atomic mass is 10.1. The van der Waals surface area contributed by atoms with Crippen molar-refractivity contribution in [3.05, 3.63) is 89.5 Å². The Kier molecular flexibility index (Phi) is 7.05. The van der Waals surface area contributed by atoms with Crippen LogP contribution in [0.1, 0.15) is 16.7 Å². The Labute approximate surface area is 175 Å². The summed E-state index contributed by atoms with van der Waals surface area (Å²) in [6.45, 7) is 2.21. The van der Waals surface area contributed by atoms with Crippen LogP contribution in [0.5, 0.6) is 17.2 Å². The third-order valence-corrected chi connectivity index (χ3v) is 4.34. The number of carbonyl (C=O) groups is 2. The van der Waals surface area contributed by atoms with Gasteiger partial charge in [-0.1, -0.05) is 42.5 Å². The van der Waals surface area contributed by atoms with Crippen LogP contribution in [-0.2, 0) is 22.6 Å². The van der Waals surface area contributed by atoms with Gasteiger partial charge in [0.15, 0.2) is 6.61 Å². The van der Waals surface area contributed by atoms with E-state index in [1.54, 1.807) is 24.3 Å². The first-order valence-electron chi connectivity index (χ1n) is 9.59. The van der Waals surface area contributed by atoms with E-state index in [0.717, 1.165) is 22.4 Å². The first-order chi connectivity index (χ1) is 14.5. The molecule has 0 fully saturated rings. The highest BCUT2D eigenvalue weighted by molar-refractivity contribution is 5.77. The molecular weight excluding hydrogens is 380 g/mol. The maximum absolute atomic E-state index is 12.2. The van der Waals surface area contributed by atoms with Crippen LogP contribution in [-0.4, -0.2) is 18.4 Å². The minimum Gasteiger partial charge on any atom is -0.484 e. The molecule has 6 nitrogen and oxygen atoms in total. The number of nitrogens with one attached hydrogen (secondary N) is 1. The van der Waals surface area contributed by atoms with Crippen LogP contribution in [0.3, 0.4) is 0 Å². The van der Waals surface area contributed by atoms with Gasteiger partial charge in [-0.3, -0.25) is 9.59 Å². The highest BCUT2D eigenvalue weighted by Gasteiger charge is 2.08.